The number of benzene rings is 1. The Kier molecular flexibility index (Phi) is 43.6. The van der Waals surface area contributed by atoms with Gasteiger partial charge < -0.3 is 83.5 Å². The topological polar surface area (TPSA) is 225 Å². The van der Waals surface area contributed by atoms with Crippen molar-refractivity contribution in [2.75, 3.05) is 13.2 Å². The van der Waals surface area contributed by atoms with E-state index in [9.17, 15) is 0 Å². The third-order valence-corrected chi connectivity index (χ3v) is 82.7. The second-order valence-electron chi connectivity index (χ2n) is 45.7. The fraction of sp³-hybridized carbons (Fsp3) is 0.898. The highest BCUT2D eigenvalue weighted by Crippen LogP contribution is 2.77. The van der Waals surface area contributed by atoms with Gasteiger partial charge >= 0.3 is 5.97 Å². The number of nitrogens with two attached hydrogens (primary N) is 1. The van der Waals surface area contributed by atoms with E-state index in [0.29, 0.717) is 31.0 Å². The number of esters is 1. The first kappa shape index (κ1) is 119. The van der Waals surface area contributed by atoms with E-state index in [-0.39, 0.29) is 65.8 Å². The summed E-state index contributed by atoms with van der Waals surface area (Å²) in [6.45, 7) is 77.0. The minimum Gasteiger partial charge on any atom is -0.459 e. The van der Waals surface area contributed by atoms with Crippen molar-refractivity contribution in [1.29, 1.82) is 0 Å². The highest BCUT2D eigenvalue weighted by Gasteiger charge is 2.74. The summed E-state index contributed by atoms with van der Waals surface area (Å²) in [5, 5.41) is 0. The minimum absolute atomic E-state index is 0.0141. The number of carbonyl (C=O) groups is 3. The van der Waals surface area contributed by atoms with Gasteiger partial charge in [0.2, 0.25) is 5.91 Å². The Morgan fingerprint density at radius 1 is 0.409 bits per heavy atom. The predicted molar refractivity (Wildman–Crippen MR) is 582 cm³/mol. The molecule has 15 unspecified atom stereocenters. The highest BCUT2D eigenvalue weighted by atomic mass is 28.4. The molecule has 20 nitrogen and oxygen atoms in total. The van der Waals surface area contributed by atoms with Crippen molar-refractivity contribution in [3.63, 3.8) is 0 Å². The van der Waals surface area contributed by atoms with Gasteiger partial charge in [-0.1, -0.05) is 270 Å². The molecule has 7 fully saturated rings. The van der Waals surface area contributed by atoms with Gasteiger partial charge in [-0.15, -0.1) is 0 Å². The lowest BCUT2D eigenvalue weighted by molar-refractivity contribution is -0.387. The van der Waals surface area contributed by atoms with Crippen LogP contribution in [-0.4, -0.2) is 204 Å². The average molecular weight is 2070 g/mol. The van der Waals surface area contributed by atoms with E-state index in [4.69, 9.17) is 78.7 Å². The molecular formula is C108H205NO19Si9. The maximum absolute atomic E-state index is 16.9. The molecule has 792 valence electrons. The molecule has 5 aliphatic carbocycles. The highest BCUT2D eigenvalue weighted by molar-refractivity contribution is 6.77. The SMILES string of the molecule is CC[Si](CC)(CC)OCC1O[C@@H](OC2C(O[C@@H]3OC[C@@H](O[Si](CC)(CC)CC)C(O[Si](CC)(CC)CC)C3O[Si](CC)(CC)CC)[C@H](O[Si](CC)(CC)CC)C(C(=O)OCc3ccccc3)O[C@H]2O[C@H]2CCC3(C)C(CCC4(C)C3CC=C3C5CC(C)(C)CC[C@]5(C(N)=O)[C@@H](O[Si](CC)(CC)CC)CC34C)C2(C)C=O)C(O[Si](CC)(CC)CC)C(O[Si](CC)(CC)CC)[C@H]1O[Si](CC)(CC)CC. The summed E-state index contributed by atoms with van der Waals surface area (Å²) < 4.78 is 130. The van der Waals surface area contributed by atoms with Gasteiger partial charge in [-0.2, -0.15) is 0 Å². The number of fused-ring (bicyclic) bond motifs is 7. The maximum Gasteiger partial charge on any atom is 0.338 e. The van der Waals surface area contributed by atoms with Crippen LogP contribution in [0.3, 0.4) is 0 Å². The molecule has 4 saturated carbocycles. The smallest absolute Gasteiger partial charge is 0.338 e. The van der Waals surface area contributed by atoms with Gasteiger partial charge in [0.1, 0.15) is 67.8 Å². The van der Waals surface area contributed by atoms with Crippen LogP contribution in [-0.2, 0) is 94.0 Å². The van der Waals surface area contributed by atoms with E-state index < -0.39 is 189 Å². The summed E-state index contributed by atoms with van der Waals surface area (Å²) in [5.74, 6) is -0.981. The zero-order valence-corrected chi connectivity index (χ0v) is 102. The van der Waals surface area contributed by atoms with Gasteiger partial charge in [0.25, 0.3) is 0 Å². The molecule has 9 rings (SSSR count). The van der Waals surface area contributed by atoms with Gasteiger partial charge in [0, 0.05) is 0 Å². The Balaban J connectivity index is 1.39. The largest absolute Gasteiger partial charge is 0.459 e. The predicted octanol–water partition coefficient (Wildman–Crippen LogP) is 27.9. The maximum atomic E-state index is 16.9. The second kappa shape index (κ2) is 50.0. The molecule has 1 aromatic carbocycles. The molecule has 1 aromatic rings. The number of allylic oxidation sites excluding steroid dienone is 2. The van der Waals surface area contributed by atoms with Crippen LogP contribution in [0.15, 0.2) is 42.0 Å². The summed E-state index contributed by atoms with van der Waals surface area (Å²) in [6.07, 6.45) is -4.86. The van der Waals surface area contributed by atoms with Gasteiger partial charge in [-0.25, -0.2) is 4.79 Å². The molecule has 29 heteroatoms. The summed E-state index contributed by atoms with van der Waals surface area (Å²) in [6, 6.07) is 33.4. The fourth-order valence-corrected chi connectivity index (χ4v) is 53.7. The lowest BCUT2D eigenvalue weighted by Crippen LogP contribution is -2.72. The quantitative estimate of drug-likeness (QED) is 0.0210. The number of hydrogen-bond donors (Lipinski definition) is 1. The number of ether oxygens (including phenoxy) is 7. The third kappa shape index (κ3) is 23.9. The van der Waals surface area contributed by atoms with Crippen molar-refractivity contribution < 1.29 is 87.4 Å². The van der Waals surface area contributed by atoms with E-state index in [1.54, 1.807) is 0 Å². The van der Waals surface area contributed by atoms with E-state index in [1.807, 2.05) is 30.3 Å². The summed E-state index contributed by atoms with van der Waals surface area (Å²) in [7, 11) is -23.6. The molecule has 3 heterocycles. The van der Waals surface area contributed by atoms with Gasteiger partial charge in [0.05, 0.1) is 42.4 Å². The van der Waals surface area contributed by atoms with Crippen LogP contribution in [0.4, 0.5) is 0 Å². The lowest BCUT2D eigenvalue weighted by Gasteiger charge is -2.72. The van der Waals surface area contributed by atoms with E-state index >= 15 is 14.4 Å². The normalized spacial score (nSPS) is 33.7. The first-order valence-electron chi connectivity index (χ1n) is 56.7. The monoisotopic (exact) mass is 2070 g/mol. The van der Waals surface area contributed by atoms with Crippen molar-refractivity contribution in [3.8, 4) is 0 Å². The number of rotatable bonds is 57. The van der Waals surface area contributed by atoms with E-state index in [0.717, 1.165) is 196 Å². The fourth-order valence-electron chi connectivity index (χ4n) is 28.2. The van der Waals surface area contributed by atoms with Crippen LogP contribution < -0.4 is 5.73 Å². The molecule has 0 radical (unpaired) electrons. The summed E-state index contributed by atoms with van der Waals surface area (Å²) in [4.78, 5) is 47.9. The standard InChI is InChI=1S/C108H205NO19Si9/c1-34-129(35-2,36-3)115-78-83-89(123-132(43-10,44-11)45-12)92(125-134(49-16,50-17)51-18)97(128-137(58-25,59-26)60-27)101(116-83)120-95-91(118-99-96(127-136(55-22,56-23)57-24)90(124-133(46-13,47-14)48-15)84(77-114-99)121-130(37-4,38-5)39-6)93(126-135(52-19,53-20)54-21)94(98(111)113-76-80-64-62-61-63-65-80)119-100(95)117-87-69-70-104(30)85(105(87,31)79-110)68-71-106(32)86(104)67-66-81-82-74-103(28,29)72-73-108(82,102(109)112)88(75-107(81,106)33)122-131(40-7,41-8)42-9/h61-66,79,82-97,99-101H,34-60,67-78H2,1-33H3,(H2,109,112)/t82?,83?,84-,85?,86?,87+,88+,89+,90?,91?,92?,93+,94?,95?,96?,97?,99+,100-,101+,104?,105?,106?,107?,108-/m1/s1. The molecule has 24 atom stereocenters. The Bertz CT molecular complexity index is 3820. The zero-order chi connectivity index (χ0) is 102. The van der Waals surface area contributed by atoms with Crippen LogP contribution in [0.1, 0.15) is 292 Å². The summed E-state index contributed by atoms with van der Waals surface area (Å²) >= 11 is 0. The Morgan fingerprint density at radius 2 is 0.825 bits per heavy atom. The second-order valence-corrected chi connectivity index (χ2v) is 88.3. The molecule has 1 amide bonds. The van der Waals surface area contributed by atoms with E-state index in [1.165, 1.54) is 11.9 Å². The average Bonchev–Trinajstić information content (AvgIpc) is 0.666. The molecular weight excluding hydrogens is 1870 g/mol. The van der Waals surface area contributed by atoms with Crippen LogP contribution in [0.2, 0.25) is 163 Å². The van der Waals surface area contributed by atoms with E-state index in [2.05, 4.69) is 235 Å². The van der Waals surface area contributed by atoms with Gasteiger partial charge in [-0.3, -0.25) is 4.79 Å². The molecule has 8 aliphatic rings. The van der Waals surface area contributed by atoms with Crippen molar-refractivity contribution in [2.24, 2.45) is 56.0 Å². The molecule has 3 saturated heterocycles. The molecule has 0 aromatic heterocycles. The number of carbonyl (C=O) groups excluding carboxylic acids is 3. The zero-order valence-electron chi connectivity index (χ0n) is 93.4. The van der Waals surface area contributed by atoms with Crippen LogP contribution in [0, 0.1) is 50.2 Å². The minimum atomic E-state index is -2.99. The van der Waals surface area contributed by atoms with Crippen molar-refractivity contribution in [3.05, 3.63) is 47.5 Å². The Hall–Kier alpha value is -1.08. The van der Waals surface area contributed by atoms with Crippen molar-refractivity contribution >= 4 is 93.0 Å². The van der Waals surface area contributed by atoms with Gasteiger partial charge in [0.15, 0.2) is 99.8 Å². The first-order valence-corrected chi connectivity index (χ1v) is 79.5. The van der Waals surface area contributed by atoms with Crippen LogP contribution in [0.25, 0.3) is 0 Å². The Morgan fingerprint density at radius 3 is 1.28 bits per heavy atom. The number of aldehydes is 1. The molecule has 137 heavy (non-hydrogen) atoms. The van der Waals surface area contributed by atoms with Crippen LogP contribution in [0.5, 0.6) is 0 Å². The lowest BCUT2D eigenvalue weighted by atomic mass is 9.33. The number of primary amides is 1. The summed E-state index contributed by atoms with van der Waals surface area (Å²) in [5.41, 5.74) is 6.17. The molecule has 0 spiro atoms. The van der Waals surface area contributed by atoms with Crippen molar-refractivity contribution in [1.82, 2.24) is 0 Å². The molecule has 0 bridgehead atoms. The Labute approximate surface area is 845 Å². The third-order valence-electron chi connectivity index (χ3n) is 40.9. The molecule has 3 aliphatic heterocycles. The number of amides is 1. The van der Waals surface area contributed by atoms with Crippen molar-refractivity contribution in [2.45, 2.75) is 554 Å². The van der Waals surface area contributed by atoms with Gasteiger partial charge in [-0.05, 0) is 266 Å². The number of hydrogen-bond acceptors (Lipinski definition) is 19. The van der Waals surface area contributed by atoms with Crippen LogP contribution >= 0.6 is 0 Å². The first-order chi connectivity index (χ1) is 65.1. The molecule has 2 N–H and O–H groups in total.